The molecule has 0 heterocycles. The smallest absolute Gasteiger partial charge is 0.115 e. The van der Waals surface area contributed by atoms with Gasteiger partial charge in [0.05, 0.1) is 0 Å². The van der Waals surface area contributed by atoms with Crippen molar-refractivity contribution in [2.75, 3.05) is 7.05 Å². The summed E-state index contributed by atoms with van der Waals surface area (Å²) in [4.78, 5) is 0. The molecule has 0 radical (unpaired) electrons. The number of hydrogen-bond donors (Lipinski definition) is 3. The van der Waals surface area contributed by atoms with Crippen LogP contribution in [0.2, 0.25) is 0 Å². The minimum atomic E-state index is 0.190. The van der Waals surface area contributed by atoms with E-state index >= 15 is 0 Å². The molecule has 3 N–H and O–H groups in total. The van der Waals surface area contributed by atoms with E-state index in [2.05, 4.69) is 5.32 Å². The fourth-order valence-corrected chi connectivity index (χ4v) is 1.96. The average molecular weight is 243 g/mol. The number of rotatable bonds is 4. The van der Waals surface area contributed by atoms with E-state index in [1.807, 2.05) is 31.3 Å². The summed E-state index contributed by atoms with van der Waals surface area (Å²) >= 11 is 0. The largest absolute Gasteiger partial charge is 0.508 e. The van der Waals surface area contributed by atoms with Crippen molar-refractivity contribution in [2.24, 2.45) is 0 Å². The normalized spacial score (nSPS) is 12.3. The van der Waals surface area contributed by atoms with Gasteiger partial charge in [-0.2, -0.15) is 0 Å². The molecule has 94 valence electrons. The molecule has 2 rings (SSSR count). The lowest BCUT2D eigenvalue weighted by Gasteiger charge is -2.17. The Morgan fingerprint density at radius 2 is 1.39 bits per heavy atom. The third-order valence-electron chi connectivity index (χ3n) is 3.02. The summed E-state index contributed by atoms with van der Waals surface area (Å²) in [5, 5.41) is 21.8. The predicted molar refractivity (Wildman–Crippen MR) is 71.7 cm³/mol. The van der Waals surface area contributed by atoms with Gasteiger partial charge in [0.2, 0.25) is 0 Å². The molecular formula is C15H17NO2. The highest BCUT2D eigenvalue weighted by Gasteiger charge is 2.09. The van der Waals surface area contributed by atoms with Crippen molar-refractivity contribution in [3.8, 4) is 11.5 Å². The Hall–Kier alpha value is -2.00. The molecule has 2 aromatic rings. The molecule has 0 saturated heterocycles. The molecule has 0 amide bonds. The Morgan fingerprint density at radius 1 is 0.889 bits per heavy atom. The maximum atomic E-state index is 9.28. The molecule has 0 aromatic heterocycles. The van der Waals surface area contributed by atoms with Crippen molar-refractivity contribution in [1.82, 2.24) is 5.32 Å². The van der Waals surface area contributed by atoms with Crippen molar-refractivity contribution in [1.29, 1.82) is 0 Å². The zero-order valence-corrected chi connectivity index (χ0v) is 10.3. The van der Waals surface area contributed by atoms with Crippen molar-refractivity contribution in [2.45, 2.75) is 12.5 Å². The minimum absolute atomic E-state index is 0.190. The van der Waals surface area contributed by atoms with Crippen molar-refractivity contribution >= 4 is 0 Å². The van der Waals surface area contributed by atoms with Gasteiger partial charge < -0.3 is 15.5 Å². The quantitative estimate of drug-likeness (QED) is 0.773. The number of benzene rings is 2. The molecule has 0 saturated carbocycles. The molecule has 0 fully saturated rings. The summed E-state index contributed by atoms with van der Waals surface area (Å²) in [6.07, 6.45) is 0.835. The first-order valence-electron chi connectivity index (χ1n) is 5.93. The van der Waals surface area contributed by atoms with Crippen molar-refractivity contribution in [3.63, 3.8) is 0 Å². The fraction of sp³-hybridized carbons (Fsp3) is 0.200. The number of likely N-dealkylation sites (N-methyl/N-ethyl adjacent to an activating group) is 1. The van der Waals surface area contributed by atoms with Gasteiger partial charge in [-0.25, -0.2) is 0 Å². The summed E-state index contributed by atoms with van der Waals surface area (Å²) in [5.74, 6) is 0.558. The maximum Gasteiger partial charge on any atom is 0.115 e. The van der Waals surface area contributed by atoms with Gasteiger partial charge in [-0.15, -0.1) is 0 Å². The van der Waals surface area contributed by atoms with Crippen molar-refractivity contribution in [3.05, 3.63) is 59.7 Å². The van der Waals surface area contributed by atoms with E-state index in [9.17, 15) is 10.2 Å². The number of aromatic hydroxyl groups is 2. The second-order valence-corrected chi connectivity index (χ2v) is 4.30. The Bertz CT molecular complexity index is 491. The van der Waals surface area contributed by atoms with Crippen molar-refractivity contribution < 1.29 is 10.2 Å². The van der Waals surface area contributed by atoms with Crippen LogP contribution in [0.4, 0.5) is 0 Å². The Labute approximate surface area is 107 Å². The molecule has 3 nitrogen and oxygen atoms in total. The van der Waals surface area contributed by atoms with Gasteiger partial charge in [0.25, 0.3) is 0 Å². The van der Waals surface area contributed by atoms with E-state index in [1.54, 1.807) is 24.3 Å². The molecule has 2 aromatic carbocycles. The topological polar surface area (TPSA) is 52.5 Å². The van der Waals surface area contributed by atoms with E-state index in [0.717, 1.165) is 17.5 Å². The molecule has 0 aliphatic heterocycles. The maximum absolute atomic E-state index is 9.28. The predicted octanol–water partition coefficient (Wildman–Crippen LogP) is 2.60. The highest BCUT2D eigenvalue weighted by Crippen LogP contribution is 2.21. The van der Waals surface area contributed by atoms with Gasteiger partial charge in [0.1, 0.15) is 11.5 Å². The Balaban J connectivity index is 2.14. The first-order chi connectivity index (χ1) is 8.69. The second-order valence-electron chi connectivity index (χ2n) is 4.30. The molecule has 0 aliphatic carbocycles. The van der Waals surface area contributed by atoms with Gasteiger partial charge in [-0.3, -0.25) is 0 Å². The molecule has 18 heavy (non-hydrogen) atoms. The van der Waals surface area contributed by atoms with E-state index in [1.165, 1.54) is 0 Å². The van der Waals surface area contributed by atoms with Crippen LogP contribution in [0, 0.1) is 0 Å². The van der Waals surface area contributed by atoms with Gasteiger partial charge in [0.15, 0.2) is 0 Å². The molecular weight excluding hydrogens is 226 g/mol. The summed E-state index contributed by atoms with van der Waals surface area (Å²) in [6.45, 7) is 0. The zero-order chi connectivity index (χ0) is 13.0. The van der Waals surface area contributed by atoms with E-state index in [-0.39, 0.29) is 17.5 Å². The van der Waals surface area contributed by atoms with Crippen LogP contribution in [0.3, 0.4) is 0 Å². The molecule has 0 unspecified atom stereocenters. The van der Waals surface area contributed by atoms with Gasteiger partial charge in [0, 0.05) is 6.04 Å². The van der Waals surface area contributed by atoms with Gasteiger partial charge in [-0.1, -0.05) is 24.3 Å². The van der Waals surface area contributed by atoms with Gasteiger partial charge in [-0.05, 0) is 48.9 Å². The number of hydrogen-bond acceptors (Lipinski definition) is 3. The number of phenols is 2. The van der Waals surface area contributed by atoms with Crippen LogP contribution in [0.1, 0.15) is 17.2 Å². The third kappa shape index (κ3) is 3.02. The zero-order valence-electron chi connectivity index (χ0n) is 10.3. The lowest BCUT2D eigenvalue weighted by atomic mass is 9.99. The minimum Gasteiger partial charge on any atom is -0.508 e. The van der Waals surface area contributed by atoms with Crippen LogP contribution in [0.25, 0.3) is 0 Å². The highest BCUT2D eigenvalue weighted by atomic mass is 16.3. The van der Waals surface area contributed by atoms with E-state index < -0.39 is 0 Å². The van der Waals surface area contributed by atoms with Crippen LogP contribution >= 0.6 is 0 Å². The molecule has 0 aliphatic rings. The van der Waals surface area contributed by atoms with Crippen LogP contribution in [-0.2, 0) is 6.42 Å². The lowest BCUT2D eigenvalue weighted by molar-refractivity contribution is 0.473. The van der Waals surface area contributed by atoms with Gasteiger partial charge >= 0.3 is 0 Å². The standard InChI is InChI=1S/C15H17NO2/c1-16-15(12-4-8-14(18)9-5-12)10-11-2-6-13(17)7-3-11/h2-9,15-18H,10H2,1H3/t15-/m1/s1. The van der Waals surface area contributed by atoms with E-state index in [4.69, 9.17) is 0 Å². The lowest BCUT2D eigenvalue weighted by Crippen LogP contribution is -2.18. The molecule has 0 spiro atoms. The average Bonchev–Trinajstić information content (AvgIpc) is 2.39. The van der Waals surface area contributed by atoms with Crippen LogP contribution < -0.4 is 5.32 Å². The first-order valence-corrected chi connectivity index (χ1v) is 5.93. The molecule has 1 atom stereocenters. The summed E-state index contributed by atoms with van der Waals surface area (Å²) in [5.41, 5.74) is 2.28. The van der Waals surface area contributed by atoms with Crippen LogP contribution in [0.15, 0.2) is 48.5 Å². The number of phenolic OH excluding ortho intramolecular Hbond substituents is 2. The third-order valence-corrected chi connectivity index (χ3v) is 3.02. The number of nitrogens with one attached hydrogen (secondary N) is 1. The monoisotopic (exact) mass is 243 g/mol. The Morgan fingerprint density at radius 3 is 1.89 bits per heavy atom. The first kappa shape index (κ1) is 12.5. The van der Waals surface area contributed by atoms with Crippen LogP contribution in [-0.4, -0.2) is 17.3 Å². The fourth-order valence-electron chi connectivity index (χ4n) is 1.96. The second kappa shape index (κ2) is 5.56. The summed E-state index contributed by atoms with van der Waals surface area (Å²) < 4.78 is 0. The summed E-state index contributed by atoms with van der Waals surface area (Å²) in [7, 11) is 1.91. The Kier molecular flexibility index (Phi) is 3.85. The SMILES string of the molecule is CN[C@H](Cc1ccc(O)cc1)c1ccc(O)cc1. The highest BCUT2D eigenvalue weighted by molar-refractivity contribution is 5.31. The van der Waals surface area contributed by atoms with E-state index in [0.29, 0.717) is 0 Å². The molecule has 0 bridgehead atoms. The summed E-state index contributed by atoms with van der Waals surface area (Å²) in [6, 6.07) is 14.6. The molecule has 3 heteroatoms. The van der Waals surface area contributed by atoms with Crippen LogP contribution in [0.5, 0.6) is 11.5 Å².